The average Bonchev–Trinajstić information content (AvgIpc) is 0.789. The first-order valence-electron chi connectivity index (χ1n) is 33.0. The molecule has 0 amide bonds. The molecule has 21 heteroatoms. The van der Waals surface area contributed by atoms with Crippen molar-refractivity contribution in [3.8, 4) is 0 Å². The van der Waals surface area contributed by atoms with Gasteiger partial charge in [-0.25, -0.2) is 4.79 Å². The first-order chi connectivity index (χ1) is 48.5. The summed E-state index contributed by atoms with van der Waals surface area (Å²) in [5.41, 5.74) is 6.94. The molecule has 0 aliphatic carbocycles. The molecule has 0 radical (unpaired) electrons. The first kappa shape index (κ1) is 73.5. The van der Waals surface area contributed by atoms with E-state index in [1.54, 1.807) is 0 Å². The van der Waals surface area contributed by atoms with Crippen LogP contribution in [0.3, 0.4) is 0 Å². The second kappa shape index (κ2) is 38.4. The smallest absolute Gasteiger partial charge is 0.431 e. The topological polar surface area (TPSA) is 185 Å². The molecule has 3 saturated heterocycles. The predicted octanol–water partition coefficient (Wildman–Crippen LogP) is 13.4. The van der Waals surface area contributed by atoms with Crippen LogP contribution in [0.2, 0.25) is 0 Å². The van der Waals surface area contributed by atoms with Crippen LogP contribution in [-0.4, -0.2) is 141 Å². The molecule has 3 aliphatic rings. The predicted molar refractivity (Wildman–Crippen MR) is 369 cm³/mol. The molecule has 15 atom stereocenters. The van der Waals surface area contributed by atoms with Crippen LogP contribution in [0.15, 0.2) is 243 Å². The van der Waals surface area contributed by atoms with Crippen molar-refractivity contribution in [3.05, 3.63) is 287 Å². The quantitative estimate of drug-likeness (QED) is 0.0296. The first-order valence-corrected chi connectivity index (χ1v) is 34.1. The number of hydrogen-bond acceptors (Lipinski definition) is 18. The van der Waals surface area contributed by atoms with Crippen molar-refractivity contribution in [1.82, 2.24) is 0 Å². The highest BCUT2D eigenvalue weighted by atomic mass is 35.6. The molecular formula is C78H83Cl3O18. The van der Waals surface area contributed by atoms with Crippen LogP contribution in [-0.2, 0) is 129 Å². The molecule has 524 valence electrons. The van der Waals surface area contributed by atoms with Gasteiger partial charge in [0, 0.05) is 7.11 Å². The van der Waals surface area contributed by atoms with Gasteiger partial charge >= 0.3 is 6.16 Å². The minimum Gasteiger partial charge on any atom is -0.431 e. The highest BCUT2D eigenvalue weighted by molar-refractivity contribution is 6.67. The number of hydrogen-bond donors (Lipinski definition) is 1. The Labute approximate surface area is 592 Å². The molecule has 0 saturated carbocycles. The Hall–Kier alpha value is -6.70. The van der Waals surface area contributed by atoms with Crippen molar-refractivity contribution >= 4 is 41.0 Å². The molecule has 3 heterocycles. The van der Waals surface area contributed by atoms with Crippen LogP contribution in [0.25, 0.3) is 0 Å². The maximum absolute atomic E-state index is 13.4. The molecule has 8 aromatic rings. The van der Waals surface area contributed by atoms with E-state index < -0.39 is 115 Å². The van der Waals surface area contributed by atoms with Crippen LogP contribution in [0.5, 0.6) is 0 Å². The monoisotopic (exact) mass is 1410 g/mol. The Bertz CT molecular complexity index is 3550. The fourth-order valence-electron chi connectivity index (χ4n) is 11.9. The second-order valence-electron chi connectivity index (χ2n) is 24.1. The standard InChI is InChI=1S/C78H83Cl3O18/c1-84-74-65(82)69(88-45-57-32-16-5-17-33-57)66(85-42-54-26-10-2-11-27-54)62(97-74)50-93-75-72(91-48-60-38-22-8-23-39-60)70(89-46-58-34-18-6-19-35-58)67(86-43-55-28-12-3-13-29-55)63(98-75)51-94-76-73(92-49-61-40-24-9-25-41-61)71(90-47-59-36-20-7-21-37-59)68(87-44-56-30-14-4-15-31-56)64(99-76)52-95-77(83)96-53-78(79,80)81/h2-41,62-76,82H,42-53H2,1H3/t62-,63-,64-,65-,66-,67-,68-,69-,70+,71+,72-,73-,74+,75?,76?/m1/s1. The largest absolute Gasteiger partial charge is 0.508 e. The van der Waals surface area contributed by atoms with Gasteiger partial charge in [-0.2, -0.15) is 0 Å². The van der Waals surface area contributed by atoms with Gasteiger partial charge < -0.3 is 80.9 Å². The summed E-state index contributed by atoms with van der Waals surface area (Å²) in [5.74, 6) is 0. The van der Waals surface area contributed by atoms with Gasteiger partial charge in [0.05, 0.1) is 66.1 Å². The summed E-state index contributed by atoms with van der Waals surface area (Å²) in [4.78, 5) is 13.4. The van der Waals surface area contributed by atoms with Gasteiger partial charge in [-0.3, -0.25) is 0 Å². The number of halogens is 3. The molecule has 0 aromatic heterocycles. The molecule has 3 aliphatic heterocycles. The van der Waals surface area contributed by atoms with E-state index in [1.807, 2.05) is 243 Å². The molecule has 99 heavy (non-hydrogen) atoms. The number of carbonyl (C=O) groups is 1. The Morgan fingerprint density at radius 2 is 0.566 bits per heavy atom. The Morgan fingerprint density at radius 1 is 0.323 bits per heavy atom. The summed E-state index contributed by atoms with van der Waals surface area (Å²) in [7, 11) is 1.46. The van der Waals surface area contributed by atoms with Crippen molar-refractivity contribution in [3.63, 3.8) is 0 Å². The van der Waals surface area contributed by atoms with Crippen molar-refractivity contribution in [2.45, 2.75) is 149 Å². The zero-order valence-electron chi connectivity index (χ0n) is 54.8. The van der Waals surface area contributed by atoms with E-state index in [1.165, 1.54) is 7.11 Å². The summed E-state index contributed by atoms with van der Waals surface area (Å²) >= 11 is 18.0. The summed E-state index contributed by atoms with van der Waals surface area (Å²) in [6.07, 6.45) is -17.2. The van der Waals surface area contributed by atoms with E-state index >= 15 is 0 Å². The number of ether oxygens (including phenoxy) is 16. The molecule has 3 fully saturated rings. The van der Waals surface area contributed by atoms with E-state index in [0.29, 0.717) is 0 Å². The summed E-state index contributed by atoms with van der Waals surface area (Å²) < 4.78 is 106. The van der Waals surface area contributed by atoms with Gasteiger partial charge in [0.15, 0.2) is 18.9 Å². The number of rotatable bonds is 34. The fraction of sp³-hybridized carbons (Fsp3) is 0.372. The van der Waals surface area contributed by atoms with Crippen LogP contribution in [0, 0.1) is 0 Å². The summed E-state index contributed by atoms with van der Waals surface area (Å²) in [6, 6.07) is 77.6. The molecule has 8 aromatic carbocycles. The number of carbonyl (C=O) groups excluding carboxylic acids is 1. The van der Waals surface area contributed by atoms with Gasteiger partial charge in [0.25, 0.3) is 0 Å². The molecule has 18 nitrogen and oxygen atoms in total. The highest BCUT2D eigenvalue weighted by Gasteiger charge is 2.54. The van der Waals surface area contributed by atoms with E-state index in [-0.39, 0.29) is 66.1 Å². The number of benzene rings is 8. The lowest BCUT2D eigenvalue weighted by molar-refractivity contribution is -0.360. The van der Waals surface area contributed by atoms with Gasteiger partial charge in [-0.1, -0.05) is 277 Å². The van der Waals surface area contributed by atoms with Gasteiger partial charge in [-0.15, -0.1) is 0 Å². The zero-order chi connectivity index (χ0) is 68.4. The Kier molecular flexibility index (Phi) is 28.5. The van der Waals surface area contributed by atoms with Crippen LogP contribution in [0.1, 0.15) is 44.5 Å². The molecule has 11 rings (SSSR count). The normalized spacial score (nSPS) is 25.6. The lowest BCUT2D eigenvalue weighted by Crippen LogP contribution is -2.64. The fourth-order valence-corrected chi connectivity index (χ4v) is 12.1. The third-order valence-corrected chi connectivity index (χ3v) is 17.2. The highest BCUT2D eigenvalue weighted by Crippen LogP contribution is 2.37. The summed E-state index contributed by atoms with van der Waals surface area (Å²) in [5, 5.41) is 12.0. The van der Waals surface area contributed by atoms with Crippen LogP contribution >= 0.6 is 34.8 Å². The minimum atomic E-state index is -1.92. The molecule has 1 N–H and O–H groups in total. The Morgan fingerprint density at radius 3 is 0.848 bits per heavy atom. The molecule has 2 unspecified atom stereocenters. The maximum Gasteiger partial charge on any atom is 0.508 e. The minimum absolute atomic E-state index is 0.0861. The number of aliphatic hydroxyl groups excluding tert-OH is 1. The SMILES string of the molecule is CO[C@H]1O[C@H](COC2O[C@H](COC3O[C@H](COC(=O)OCC(Cl)(Cl)Cl)[C@@H](OCc4ccccc4)[C@H](OCc4ccccc4)[C@H]3OCc3ccccc3)[C@@H](OCc3ccccc3)[C@H](OCc3ccccc3)[C@H]2OCc2ccccc2)[C@@H](OCc2ccccc2)[C@H](OCc2ccccc2)[C@H]1O. The second-order valence-corrected chi connectivity index (χ2v) is 26.6. The average molecular weight is 1410 g/mol. The van der Waals surface area contributed by atoms with E-state index in [2.05, 4.69) is 0 Å². The van der Waals surface area contributed by atoms with Crippen molar-refractivity contribution < 1.29 is 85.7 Å². The number of aliphatic hydroxyl groups is 1. The van der Waals surface area contributed by atoms with Crippen LogP contribution < -0.4 is 0 Å². The lowest BCUT2D eigenvalue weighted by Gasteiger charge is -2.48. The Balaban J connectivity index is 0.974. The third kappa shape index (κ3) is 22.4. The lowest BCUT2D eigenvalue weighted by atomic mass is 9.96. The molecular weight excluding hydrogens is 1330 g/mol. The number of alkyl halides is 3. The van der Waals surface area contributed by atoms with Gasteiger partial charge in [0.2, 0.25) is 3.79 Å². The number of methoxy groups -OCH3 is 1. The van der Waals surface area contributed by atoms with Crippen molar-refractivity contribution in [2.24, 2.45) is 0 Å². The van der Waals surface area contributed by atoms with Gasteiger partial charge in [-0.05, 0) is 44.5 Å². The molecule has 0 spiro atoms. The van der Waals surface area contributed by atoms with Crippen molar-refractivity contribution in [1.29, 1.82) is 0 Å². The zero-order valence-corrected chi connectivity index (χ0v) is 57.0. The van der Waals surface area contributed by atoms with Crippen molar-refractivity contribution in [2.75, 3.05) is 33.5 Å². The van der Waals surface area contributed by atoms with E-state index in [4.69, 9.17) is 111 Å². The van der Waals surface area contributed by atoms with E-state index in [9.17, 15) is 9.90 Å². The van der Waals surface area contributed by atoms with E-state index in [0.717, 1.165) is 44.5 Å². The third-order valence-electron chi connectivity index (χ3n) is 16.9. The molecule has 0 bridgehead atoms. The summed E-state index contributed by atoms with van der Waals surface area (Å²) in [6.45, 7) is -0.603. The maximum atomic E-state index is 13.4. The van der Waals surface area contributed by atoms with Gasteiger partial charge in [0.1, 0.15) is 86.5 Å². The van der Waals surface area contributed by atoms with Crippen LogP contribution in [0.4, 0.5) is 4.79 Å².